The van der Waals surface area contributed by atoms with Crippen molar-refractivity contribution in [2.24, 2.45) is 0 Å². The normalized spacial score (nSPS) is 8.94. The molecule has 0 aliphatic carbocycles. The Morgan fingerprint density at radius 1 is 0.824 bits per heavy atom. The SMILES string of the molecule is CCOC(C(=O)OC)=C(C(=O)OC)C(=O)OC. The summed E-state index contributed by atoms with van der Waals surface area (Å²) in [4.78, 5) is 34.1. The van der Waals surface area contributed by atoms with Crippen molar-refractivity contribution in [2.45, 2.75) is 6.92 Å². The van der Waals surface area contributed by atoms with Gasteiger partial charge in [-0.2, -0.15) is 0 Å². The summed E-state index contributed by atoms with van der Waals surface area (Å²) in [5, 5.41) is 0. The Balaban J connectivity index is 5.62. The maximum Gasteiger partial charge on any atom is 0.374 e. The number of rotatable bonds is 5. The average Bonchev–Trinajstić information content (AvgIpc) is 2.36. The van der Waals surface area contributed by atoms with Gasteiger partial charge in [0.15, 0.2) is 5.57 Å². The molecule has 0 atom stereocenters. The van der Waals surface area contributed by atoms with Crippen LogP contribution in [0.5, 0.6) is 0 Å². The van der Waals surface area contributed by atoms with E-state index in [4.69, 9.17) is 4.74 Å². The van der Waals surface area contributed by atoms with Crippen LogP contribution in [0.1, 0.15) is 6.92 Å². The standard InChI is InChI=1S/C10H14O7/c1-5-17-7(10(13)16-4)6(8(11)14-2)9(12)15-3/h5H2,1-4H3. The second-order valence-corrected chi connectivity index (χ2v) is 2.61. The Kier molecular flexibility index (Phi) is 6.39. The van der Waals surface area contributed by atoms with Crippen LogP contribution >= 0.6 is 0 Å². The van der Waals surface area contributed by atoms with Gasteiger partial charge >= 0.3 is 17.9 Å². The lowest BCUT2D eigenvalue weighted by Crippen LogP contribution is -2.23. The lowest BCUT2D eigenvalue weighted by Gasteiger charge is -2.10. The van der Waals surface area contributed by atoms with Crippen molar-refractivity contribution in [3.05, 3.63) is 11.3 Å². The van der Waals surface area contributed by atoms with Gasteiger partial charge in [-0.3, -0.25) is 0 Å². The van der Waals surface area contributed by atoms with Gasteiger partial charge < -0.3 is 18.9 Å². The molecule has 0 saturated carbocycles. The molecule has 0 N–H and O–H groups in total. The molecule has 7 heteroatoms. The molecule has 0 radical (unpaired) electrons. The van der Waals surface area contributed by atoms with E-state index in [1.165, 1.54) is 0 Å². The first-order chi connectivity index (χ1) is 8.03. The van der Waals surface area contributed by atoms with Gasteiger partial charge in [0.25, 0.3) is 0 Å². The van der Waals surface area contributed by atoms with Gasteiger partial charge in [-0.25, -0.2) is 14.4 Å². The molecule has 0 spiro atoms. The van der Waals surface area contributed by atoms with E-state index in [2.05, 4.69) is 14.2 Å². The molecule has 0 aliphatic heterocycles. The molecule has 0 aromatic rings. The third-order valence-corrected chi connectivity index (χ3v) is 1.67. The topological polar surface area (TPSA) is 88.1 Å². The molecule has 0 bridgehead atoms. The van der Waals surface area contributed by atoms with Gasteiger partial charge in [-0.1, -0.05) is 0 Å². The van der Waals surface area contributed by atoms with Gasteiger partial charge in [0.2, 0.25) is 5.76 Å². The molecule has 0 heterocycles. The fourth-order valence-electron chi connectivity index (χ4n) is 0.943. The van der Waals surface area contributed by atoms with Crippen LogP contribution in [0.25, 0.3) is 0 Å². The highest BCUT2D eigenvalue weighted by Gasteiger charge is 2.31. The zero-order chi connectivity index (χ0) is 13.4. The van der Waals surface area contributed by atoms with E-state index < -0.39 is 29.2 Å². The van der Waals surface area contributed by atoms with E-state index in [-0.39, 0.29) is 6.61 Å². The molecular formula is C10H14O7. The largest absolute Gasteiger partial charge is 0.486 e. The fraction of sp³-hybridized carbons (Fsp3) is 0.500. The molecule has 96 valence electrons. The summed E-state index contributed by atoms with van der Waals surface area (Å²) in [6.07, 6.45) is 0. The second kappa shape index (κ2) is 7.26. The van der Waals surface area contributed by atoms with Gasteiger partial charge in [-0.15, -0.1) is 0 Å². The molecule has 0 rings (SSSR count). The van der Waals surface area contributed by atoms with Gasteiger partial charge in [-0.05, 0) is 6.92 Å². The Morgan fingerprint density at radius 3 is 1.53 bits per heavy atom. The van der Waals surface area contributed by atoms with E-state index in [1.807, 2.05) is 0 Å². The van der Waals surface area contributed by atoms with Crippen molar-refractivity contribution in [1.29, 1.82) is 0 Å². The van der Waals surface area contributed by atoms with Crippen LogP contribution < -0.4 is 0 Å². The Hall–Kier alpha value is -2.05. The van der Waals surface area contributed by atoms with Crippen LogP contribution in [0.2, 0.25) is 0 Å². The van der Waals surface area contributed by atoms with E-state index in [0.717, 1.165) is 21.3 Å². The first-order valence-electron chi connectivity index (χ1n) is 4.65. The zero-order valence-corrected chi connectivity index (χ0v) is 10.1. The van der Waals surface area contributed by atoms with Crippen LogP contribution in [-0.4, -0.2) is 45.8 Å². The van der Waals surface area contributed by atoms with Crippen LogP contribution in [0.15, 0.2) is 11.3 Å². The lowest BCUT2D eigenvalue weighted by molar-refractivity contribution is -0.148. The van der Waals surface area contributed by atoms with Crippen molar-refractivity contribution in [3.63, 3.8) is 0 Å². The van der Waals surface area contributed by atoms with Crippen molar-refractivity contribution in [2.75, 3.05) is 27.9 Å². The molecular weight excluding hydrogens is 232 g/mol. The van der Waals surface area contributed by atoms with Gasteiger partial charge in [0, 0.05) is 0 Å². The molecule has 0 saturated heterocycles. The zero-order valence-electron chi connectivity index (χ0n) is 10.1. The average molecular weight is 246 g/mol. The molecule has 17 heavy (non-hydrogen) atoms. The van der Waals surface area contributed by atoms with Gasteiger partial charge in [0.05, 0.1) is 27.9 Å². The minimum Gasteiger partial charge on any atom is -0.486 e. The van der Waals surface area contributed by atoms with Crippen LogP contribution in [0, 0.1) is 0 Å². The number of hydrogen-bond donors (Lipinski definition) is 0. The Bertz CT molecular complexity index is 325. The number of ether oxygens (including phenoxy) is 4. The number of hydrogen-bond acceptors (Lipinski definition) is 7. The summed E-state index contributed by atoms with van der Waals surface area (Å²) in [6, 6.07) is 0. The maximum absolute atomic E-state index is 11.4. The summed E-state index contributed by atoms with van der Waals surface area (Å²) >= 11 is 0. The van der Waals surface area contributed by atoms with Gasteiger partial charge in [0.1, 0.15) is 0 Å². The predicted molar refractivity (Wildman–Crippen MR) is 54.7 cm³/mol. The maximum atomic E-state index is 11.4. The quantitative estimate of drug-likeness (QED) is 0.166. The van der Waals surface area contributed by atoms with E-state index in [9.17, 15) is 14.4 Å². The van der Waals surface area contributed by atoms with E-state index in [1.54, 1.807) is 6.92 Å². The minimum absolute atomic E-state index is 0.0714. The number of methoxy groups -OCH3 is 3. The minimum atomic E-state index is -1.04. The first-order valence-corrected chi connectivity index (χ1v) is 4.65. The Morgan fingerprint density at radius 2 is 1.24 bits per heavy atom. The lowest BCUT2D eigenvalue weighted by atomic mass is 10.2. The summed E-state index contributed by atoms with van der Waals surface area (Å²) < 4.78 is 18.0. The highest BCUT2D eigenvalue weighted by atomic mass is 16.6. The highest BCUT2D eigenvalue weighted by Crippen LogP contribution is 2.12. The van der Waals surface area contributed by atoms with Crippen molar-refractivity contribution >= 4 is 17.9 Å². The molecule has 0 aromatic heterocycles. The van der Waals surface area contributed by atoms with Crippen molar-refractivity contribution in [1.82, 2.24) is 0 Å². The molecule has 0 amide bonds. The second-order valence-electron chi connectivity index (χ2n) is 2.61. The molecule has 0 aromatic carbocycles. The molecule has 0 unspecified atom stereocenters. The smallest absolute Gasteiger partial charge is 0.374 e. The first kappa shape index (κ1) is 14.9. The Labute approximate surface area is 98.3 Å². The number of carbonyl (C=O) groups is 3. The summed E-state index contributed by atoms with van der Waals surface area (Å²) in [5.41, 5.74) is -0.635. The molecule has 0 fully saturated rings. The van der Waals surface area contributed by atoms with Crippen LogP contribution in [0.4, 0.5) is 0 Å². The van der Waals surface area contributed by atoms with Crippen molar-refractivity contribution in [3.8, 4) is 0 Å². The van der Waals surface area contributed by atoms with Crippen LogP contribution in [-0.2, 0) is 33.3 Å². The monoisotopic (exact) mass is 246 g/mol. The summed E-state index contributed by atoms with van der Waals surface area (Å²) in [5.74, 6) is -3.57. The predicted octanol–water partition coefficient (Wildman–Crippen LogP) is -0.204. The third-order valence-electron chi connectivity index (χ3n) is 1.67. The van der Waals surface area contributed by atoms with Crippen molar-refractivity contribution < 1.29 is 33.3 Å². The number of carbonyl (C=O) groups excluding carboxylic acids is 3. The van der Waals surface area contributed by atoms with Crippen LogP contribution in [0.3, 0.4) is 0 Å². The highest BCUT2D eigenvalue weighted by molar-refractivity contribution is 6.18. The fourth-order valence-corrected chi connectivity index (χ4v) is 0.943. The summed E-state index contributed by atoms with van der Waals surface area (Å²) in [7, 11) is 3.21. The molecule has 0 aliphatic rings. The third kappa shape index (κ3) is 3.78. The van der Waals surface area contributed by atoms with E-state index >= 15 is 0 Å². The number of esters is 3. The molecule has 7 nitrogen and oxygen atoms in total. The van der Waals surface area contributed by atoms with E-state index in [0.29, 0.717) is 0 Å². The summed E-state index contributed by atoms with van der Waals surface area (Å²) in [6.45, 7) is 1.65.